The van der Waals surface area contributed by atoms with Crippen molar-refractivity contribution in [3.05, 3.63) is 57.6 Å². The number of benzene rings is 1. The monoisotopic (exact) mass is 514 g/mol. The van der Waals surface area contributed by atoms with Crippen LogP contribution in [-0.2, 0) is 23.0 Å². The van der Waals surface area contributed by atoms with E-state index >= 15 is 0 Å². The Morgan fingerprint density at radius 3 is 2.41 bits per heavy atom. The molecule has 1 amide bonds. The number of aromatic nitrogens is 2. The molecule has 0 aliphatic heterocycles. The minimum Gasteiger partial charge on any atom is -0.465 e. The van der Waals surface area contributed by atoms with E-state index in [9.17, 15) is 17.6 Å². The maximum atomic E-state index is 14.5. The van der Waals surface area contributed by atoms with Gasteiger partial charge in [-0.05, 0) is 35.6 Å². The summed E-state index contributed by atoms with van der Waals surface area (Å²) in [6, 6.07) is 4.87. The van der Waals surface area contributed by atoms with Gasteiger partial charge in [0.2, 0.25) is 10.0 Å². The number of amides is 1. The fraction of sp³-hybridized carbons (Fsp3) is 0.478. The molecule has 2 aromatic rings. The van der Waals surface area contributed by atoms with Crippen molar-refractivity contribution in [3.63, 3.8) is 0 Å². The maximum absolute atomic E-state index is 14.5. The highest BCUT2D eigenvalue weighted by Crippen LogP contribution is 2.32. The number of hydrogen-bond acceptors (Lipinski definition) is 4. The molecule has 0 bridgehead atoms. The topological polar surface area (TPSA) is 105 Å². The lowest BCUT2D eigenvalue weighted by atomic mass is 9.94. The number of nitrogens with one attached hydrogen (secondary N) is 1. The average Bonchev–Trinajstić information content (AvgIpc) is 3.05. The molecule has 8 nitrogen and oxygen atoms in total. The van der Waals surface area contributed by atoms with Crippen LogP contribution in [0.5, 0.6) is 0 Å². The van der Waals surface area contributed by atoms with E-state index in [0.717, 1.165) is 26.8 Å². The van der Waals surface area contributed by atoms with Gasteiger partial charge in [-0.15, -0.1) is 0 Å². The normalized spacial score (nSPS) is 12.7. The van der Waals surface area contributed by atoms with Crippen LogP contribution in [0.15, 0.2) is 35.0 Å². The van der Waals surface area contributed by atoms with Crippen LogP contribution in [0.25, 0.3) is 0 Å². The summed E-state index contributed by atoms with van der Waals surface area (Å²) in [6.07, 6.45) is 0.409. The van der Waals surface area contributed by atoms with E-state index in [1.54, 1.807) is 16.8 Å². The molecule has 0 saturated carbocycles. The van der Waals surface area contributed by atoms with Gasteiger partial charge in [-0.3, -0.25) is 4.68 Å². The summed E-state index contributed by atoms with van der Waals surface area (Å²) < 4.78 is 42.2. The van der Waals surface area contributed by atoms with Crippen molar-refractivity contribution >= 4 is 27.7 Å². The molecule has 34 heavy (non-hydrogen) atoms. The first-order chi connectivity index (χ1) is 15.7. The van der Waals surface area contributed by atoms with E-state index in [0.29, 0.717) is 6.42 Å². The third-order valence-corrected chi connectivity index (χ3v) is 7.53. The second-order valence-corrected chi connectivity index (χ2v) is 11.3. The predicted molar refractivity (Wildman–Crippen MR) is 131 cm³/mol. The van der Waals surface area contributed by atoms with E-state index in [2.05, 4.69) is 10.4 Å². The second kappa shape index (κ2) is 11.3. The molecular weight excluding hydrogens is 483 g/mol. The fourth-order valence-electron chi connectivity index (χ4n) is 3.66. The van der Waals surface area contributed by atoms with Gasteiger partial charge >= 0.3 is 6.09 Å². The first kappa shape index (κ1) is 27.8. The smallest absolute Gasteiger partial charge is 0.404 e. The molecule has 2 N–H and O–H groups in total. The number of carboxylic acid groups (broad SMARTS) is 1. The molecule has 0 fully saturated rings. The molecule has 0 radical (unpaired) electrons. The number of halogens is 2. The summed E-state index contributed by atoms with van der Waals surface area (Å²) in [6.45, 7) is 7.74. The van der Waals surface area contributed by atoms with Crippen LogP contribution in [0, 0.1) is 0 Å². The van der Waals surface area contributed by atoms with Gasteiger partial charge < -0.3 is 10.4 Å². The maximum Gasteiger partial charge on any atom is 0.404 e. The van der Waals surface area contributed by atoms with Gasteiger partial charge in [-0.25, -0.2) is 21.9 Å². The van der Waals surface area contributed by atoms with Gasteiger partial charge in [0, 0.05) is 38.3 Å². The van der Waals surface area contributed by atoms with Crippen LogP contribution >= 0.6 is 11.6 Å². The summed E-state index contributed by atoms with van der Waals surface area (Å²) in [4.78, 5) is 10.6. The molecule has 1 heterocycles. The zero-order chi connectivity index (χ0) is 25.8. The highest BCUT2D eigenvalue weighted by atomic mass is 35.5. The number of allylic oxidation sites excluding steroid dienone is 1. The highest BCUT2D eigenvalue weighted by Gasteiger charge is 2.24. The molecule has 0 saturated heterocycles. The largest absolute Gasteiger partial charge is 0.465 e. The van der Waals surface area contributed by atoms with E-state index in [1.807, 2.05) is 27.7 Å². The van der Waals surface area contributed by atoms with Crippen molar-refractivity contribution in [2.45, 2.75) is 57.4 Å². The first-order valence-corrected chi connectivity index (χ1v) is 12.7. The number of hydrogen-bond donors (Lipinski definition) is 2. The lowest BCUT2D eigenvalue weighted by Gasteiger charge is -2.15. The Morgan fingerprint density at radius 2 is 1.91 bits per heavy atom. The molecule has 1 aromatic carbocycles. The van der Waals surface area contributed by atoms with Gasteiger partial charge in [-0.1, -0.05) is 45.4 Å². The van der Waals surface area contributed by atoms with Crippen molar-refractivity contribution in [2.75, 3.05) is 20.6 Å². The summed E-state index contributed by atoms with van der Waals surface area (Å²) in [7, 11) is -0.773. The van der Waals surface area contributed by atoms with Crippen LogP contribution in [0.2, 0.25) is 5.02 Å². The van der Waals surface area contributed by atoms with Crippen molar-refractivity contribution in [3.8, 4) is 0 Å². The Hall–Kier alpha value is -2.43. The van der Waals surface area contributed by atoms with Gasteiger partial charge in [0.05, 0.1) is 17.3 Å². The SMILES string of the molecule is CC(C)c1nn(CC(F)=CCNC(=O)O)c(C(C)C)c1Cc1ccc(S(=O)(=O)N(C)C)c(Cl)c1. The lowest BCUT2D eigenvalue weighted by Crippen LogP contribution is -2.22. The number of sulfonamides is 1. The second-order valence-electron chi connectivity index (χ2n) is 8.78. The van der Waals surface area contributed by atoms with Crippen LogP contribution in [0.1, 0.15) is 62.0 Å². The van der Waals surface area contributed by atoms with Crippen molar-refractivity contribution in [1.29, 1.82) is 0 Å². The number of rotatable bonds is 10. The van der Waals surface area contributed by atoms with Gasteiger partial charge in [0.25, 0.3) is 0 Å². The minimum absolute atomic E-state index is 0.0313. The Labute approximate surface area is 205 Å². The van der Waals surface area contributed by atoms with Crippen LogP contribution in [0.3, 0.4) is 0 Å². The van der Waals surface area contributed by atoms with Gasteiger partial charge in [0.15, 0.2) is 0 Å². The van der Waals surface area contributed by atoms with E-state index in [4.69, 9.17) is 16.7 Å². The van der Waals surface area contributed by atoms with Crippen molar-refractivity contribution < 1.29 is 22.7 Å². The fourth-order valence-corrected chi connectivity index (χ4v) is 5.10. The van der Waals surface area contributed by atoms with Gasteiger partial charge in [-0.2, -0.15) is 5.10 Å². The molecule has 0 spiro atoms. The third-order valence-electron chi connectivity index (χ3n) is 5.23. The molecule has 0 aliphatic rings. The quantitative estimate of drug-likeness (QED) is 0.476. The molecular formula is C23H32ClFN4O4S. The van der Waals surface area contributed by atoms with Crippen LogP contribution in [0.4, 0.5) is 9.18 Å². The highest BCUT2D eigenvalue weighted by molar-refractivity contribution is 7.89. The van der Waals surface area contributed by atoms with Crippen LogP contribution in [-0.4, -0.2) is 54.3 Å². The Balaban J connectivity index is 2.47. The lowest BCUT2D eigenvalue weighted by molar-refractivity contribution is 0.195. The molecule has 188 valence electrons. The van der Waals surface area contributed by atoms with E-state index < -0.39 is 21.9 Å². The van der Waals surface area contributed by atoms with E-state index in [-0.39, 0.29) is 34.8 Å². The summed E-state index contributed by atoms with van der Waals surface area (Å²) in [5.74, 6) is -0.400. The summed E-state index contributed by atoms with van der Waals surface area (Å²) in [5.41, 5.74) is 3.44. The molecule has 0 unspecified atom stereocenters. The molecule has 0 atom stereocenters. The predicted octanol–water partition coefficient (Wildman–Crippen LogP) is 4.75. The zero-order valence-electron chi connectivity index (χ0n) is 20.3. The average molecular weight is 515 g/mol. The van der Waals surface area contributed by atoms with Crippen LogP contribution < -0.4 is 5.32 Å². The standard InChI is InChI=1S/C23H32ClFN4O4S/c1-14(2)21-18(11-16-7-8-20(19(24)12-16)34(32,33)28(5)6)22(15(3)4)29(27-21)13-17(25)9-10-26-23(30)31/h7-9,12,14-15,26H,10-11,13H2,1-6H3,(H,30,31). The molecule has 0 aliphatic carbocycles. The molecule has 1 aromatic heterocycles. The Kier molecular flexibility index (Phi) is 9.27. The molecule has 11 heteroatoms. The van der Waals surface area contributed by atoms with Crippen molar-refractivity contribution in [1.82, 2.24) is 19.4 Å². The van der Waals surface area contributed by atoms with E-state index in [1.165, 1.54) is 26.2 Å². The van der Waals surface area contributed by atoms with Gasteiger partial charge in [0.1, 0.15) is 10.7 Å². The first-order valence-electron chi connectivity index (χ1n) is 10.9. The minimum atomic E-state index is -3.67. The summed E-state index contributed by atoms with van der Waals surface area (Å²) >= 11 is 6.34. The third kappa shape index (κ3) is 6.58. The van der Waals surface area contributed by atoms with Crippen molar-refractivity contribution in [2.24, 2.45) is 0 Å². The molecule has 2 rings (SSSR count). The Bertz CT molecular complexity index is 1170. The number of carbonyl (C=O) groups is 1. The number of nitrogens with zero attached hydrogens (tertiary/aromatic N) is 3. The summed E-state index contributed by atoms with van der Waals surface area (Å²) in [5, 5.41) is 15.6. The zero-order valence-corrected chi connectivity index (χ0v) is 21.8. The Morgan fingerprint density at radius 1 is 1.26 bits per heavy atom.